The molecule has 0 saturated heterocycles. The number of nitrogens with one attached hydrogen (secondary N) is 1. The number of pyridine rings is 1. The lowest BCUT2D eigenvalue weighted by Crippen LogP contribution is -2.42. The van der Waals surface area contributed by atoms with E-state index in [9.17, 15) is 4.79 Å². The van der Waals surface area contributed by atoms with Gasteiger partial charge in [0.15, 0.2) is 0 Å². The molecule has 0 aliphatic carbocycles. The SMILES string of the molecule is C#CC(C)(C)NC(=O)c1ccc2ncccc2c1. The Morgan fingerprint density at radius 2 is 2.17 bits per heavy atom. The van der Waals surface area contributed by atoms with Crippen LogP contribution in [0.1, 0.15) is 24.2 Å². The third-order valence-electron chi connectivity index (χ3n) is 2.65. The Kier molecular flexibility index (Phi) is 3.03. The Hall–Kier alpha value is -2.34. The standard InChI is InChI=1S/C15H14N2O/c1-4-15(2,3)17-14(18)12-7-8-13-11(10-12)6-5-9-16-13/h1,5-10H,2-3H3,(H,17,18). The van der Waals surface area contributed by atoms with Crippen molar-refractivity contribution in [3.63, 3.8) is 0 Å². The molecule has 2 rings (SSSR count). The highest BCUT2D eigenvalue weighted by atomic mass is 16.1. The fraction of sp³-hybridized carbons (Fsp3) is 0.200. The van der Waals surface area contributed by atoms with E-state index in [2.05, 4.69) is 16.2 Å². The van der Waals surface area contributed by atoms with Gasteiger partial charge in [0.05, 0.1) is 11.1 Å². The van der Waals surface area contributed by atoms with Crippen LogP contribution in [0.2, 0.25) is 0 Å². The summed E-state index contributed by atoms with van der Waals surface area (Å²) in [5.74, 6) is 2.36. The first-order valence-corrected chi connectivity index (χ1v) is 5.67. The number of nitrogens with zero attached hydrogens (tertiary/aromatic N) is 1. The van der Waals surface area contributed by atoms with Gasteiger partial charge in [-0.05, 0) is 38.1 Å². The maximum Gasteiger partial charge on any atom is 0.252 e. The van der Waals surface area contributed by atoms with Crippen molar-refractivity contribution in [1.29, 1.82) is 0 Å². The quantitative estimate of drug-likeness (QED) is 0.816. The van der Waals surface area contributed by atoms with E-state index in [1.54, 1.807) is 26.1 Å². The average Bonchev–Trinajstić information content (AvgIpc) is 2.37. The zero-order chi connectivity index (χ0) is 13.2. The van der Waals surface area contributed by atoms with E-state index in [-0.39, 0.29) is 5.91 Å². The van der Waals surface area contributed by atoms with E-state index >= 15 is 0 Å². The van der Waals surface area contributed by atoms with Crippen molar-refractivity contribution in [1.82, 2.24) is 10.3 Å². The van der Waals surface area contributed by atoms with Crippen molar-refractivity contribution in [3.8, 4) is 12.3 Å². The molecule has 1 heterocycles. The predicted molar refractivity (Wildman–Crippen MR) is 72.1 cm³/mol. The maximum absolute atomic E-state index is 12.0. The lowest BCUT2D eigenvalue weighted by atomic mass is 10.1. The molecule has 0 saturated carbocycles. The van der Waals surface area contributed by atoms with Gasteiger partial charge in [-0.15, -0.1) is 6.42 Å². The lowest BCUT2D eigenvalue weighted by Gasteiger charge is -2.19. The van der Waals surface area contributed by atoms with Crippen LogP contribution in [0.5, 0.6) is 0 Å². The first kappa shape index (κ1) is 12.1. The lowest BCUT2D eigenvalue weighted by molar-refractivity contribution is 0.0930. The smallest absolute Gasteiger partial charge is 0.252 e. The van der Waals surface area contributed by atoms with E-state index < -0.39 is 5.54 Å². The number of aromatic nitrogens is 1. The first-order chi connectivity index (χ1) is 8.52. The molecule has 1 amide bonds. The van der Waals surface area contributed by atoms with Gasteiger partial charge in [0, 0.05) is 17.1 Å². The second-order valence-corrected chi connectivity index (χ2v) is 4.63. The second kappa shape index (κ2) is 4.50. The molecule has 0 bridgehead atoms. The minimum Gasteiger partial charge on any atom is -0.336 e. The normalized spacial score (nSPS) is 10.9. The molecule has 90 valence electrons. The average molecular weight is 238 g/mol. The summed E-state index contributed by atoms with van der Waals surface area (Å²) in [7, 11) is 0. The van der Waals surface area contributed by atoms with Crippen molar-refractivity contribution in [2.24, 2.45) is 0 Å². The highest BCUT2D eigenvalue weighted by Crippen LogP contribution is 2.14. The Morgan fingerprint density at radius 1 is 1.39 bits per heavy atom. The van der Waals surface area contributed by atoms with Gasteiger partial charge in [0.1, 0.15) is 0 Å². The van der Waals surface area contributed by atoms with Crippen LogP contribution >= 0.6 is 0 Å². The summed E-state index contributed by atoms with van der Waals surface area (Å²) in [5.41, 5.74) is 0.796. The van der Waals surface area contributed by atoms with Crippen LogP contribution in [0.15, 0.2) is 36.5 Å². The number of hydrogen-bond acceptors (Lipinski definition) is 2. The number of benzene rings is 1. The fourth-order valence-electron chi connectivity index (χ4n) is 1.61. The number of hydrogen-bond donors (Lipinski definition) is 1. The summed E-state index contributed by atoms with van der Waals surface area (Å²) in [6.45, 7) is 3.57. The molecule has 1 N–H and O–H groups in total. The summed E-state index contributed by atoms with van der Waals surface area (Å²) >= 11 is 0. The Morgan fingerprint density at radius 3 is 2.89 bits per heavy atom. The molecule has 0 radical (unpaired) electrons. The number of carbonyl (C=O) groups is 1. The summed E-state index contributed by atoms with van der Waals surface area (Å²) in [4.78, 5) is 16.2. The van der Waals surface area contributed by atoms with Gasteiger partial charge in [0.2, 0.25) is 0 Å². The van der Waals surface area contributed by atoms with Crippen LogP contribution in [-0.2, 0) is 0 Å². The van der Waals surface area contributed by atoms with Crippen molar-refractivity contribution in [2.45, 2.75) is 19.4 Å². The topological polar surface area (TPSA) is 42.0 Å². The molecule has 1 aromatic carbocycles. The van der Waals surface area contributed by atoms with Crippen molar-refractivity contribution >= 4 is 16.8 Å². The Balaban J connectivity index is 2.32. The van der Waals surface area contributed by atoms with Gasteiger partial charge in [-0.3, -0.25) is 9.78 Å². The summed E-state index contributed by atoms with van der Waals surface area (Å²) in [5, 5.41) is 3.73. The van der Waals surface area contributed by atoms with Crippen molar-refractivity contribution < 1.29 is 4.79 Å². The predicted octanol–water partition coefficient (Wildman–Crippen LogP) is 2.38. The van der Waals surface area contributed by atoms with E-state index in [4.69, 9.17) is 6.42 Å². The molecule has 0 spiro atoms. The molecule has 0 unspecified atom stereocenters. The molecule has 3 nitrogen and oxygen atoms in total. The van der Waals surface area contributed by atoms with Crippen LogP contribution in [-0.4, -0.2) is 16.4 Å². The van der Waals surface area contributed by atoms with Crippen LogP contribution < -0.4 is 5.32 Å². The van der Waals surface area contributed by atoms with Crippen LogP contribution in [0, 0.1) is 12.3 Å². The van der Waals surface area contributed by atoms with E-state index in [0.717, 1.165) is 10.9 Å². The minimum absolute atomic E-state index is 0.177. The molecular formula is C15H14N2O. The van der Waals surface area contributed by atoms with E-state index in [1.807, 2.05) is 24.3 Å². The van der Waals surface area contributed by atoms with Crippen LogP contribution in [0.3, 0.4) is 0 Å². The number of fused-ring (bicyclic) bond motifs is 1. The van der Waals surface area contributed by atoms with E-state index in [0.29, 0.717) is 5.56 Å². The highest BCUT2D eigenvalue weighted by molar-refractivity contribution is 5.98. The van der Waals surface area contributed by atoms with Crippen molar-refractivity contribution in [3.05, 3.63) is 42.1 Å². The van der Waals surface area contributed by atoms with Gasteiger partial charge >= 0.3 is 0 Å². The van der Waals surface area contributed by atoms with Crippen LogP contribution in [0.25, 0.3) is 10.9 Å². The first-order valence-electron chi connectivity index (χ1n) is 5.67. The third-order valence-corrected chi connectivity index (χ3v) is 2.65. The molecule has 2 aromatic rings. The zero-order valence-electron chi connectivity index (χ0n) is 10.4. The fourth-order valence-corrected chi connectivity index (χ4v) is 1.61. The molecule has 18 heavy (non-hydrogen) atoms. The third kappa shape index (κ3) is 2.49. The summed E-state index contributed by atoms with van der Waals surface area (Å²) in [6.07, 6.45) is 7.07. The van der Waals surface area contributed by atoms with Crippen molar-refractivity contribution in [2.75, 3.05) is 0 Å². The molecule has 0 aliphatic rings. The number of terminal acetylenes is 1. The van der Waals surface area contributed by atoms with Gasteiger partial charge in [0.25, 0.3) is 5.91 Å². The Labute approximate surface area is 106 Å². The molecule has 3 heteroatoms. The van der Waals surface area contributed by atoms with Gasteiger partial charge in [-0.1, -0.05) is 12.0 Å². The number of amides is 1. The largest absolute Gasteiger partial charge is 0.336 e. The Bertz CT molecular complexity index is 638. The van der Waals surface area contributed by atoms with Gasteiger partial charge in [-0.2, -0.15) is 0 Å². The molecular weight excluding hydrogens is 224 g/mol. The zero-order valence-corrected chi connectivity index (χ0v) is 10.4. The monoisotopic (exact) mass is 238 g/mol. The van der Waals surface area contributed by atoms with E-state index in [1.165, 1.54) is 0 Å². The molecule has 0 aliphatic heterocycles. The van der Waals surface area contributed by atoms with Crippen LogP contribution in [0.4, 0.5) is 0 Å². The number of rotatable bonds is 2. The van der Waals surface area contributed by atoms with Gasteiger partial charge < -0.3 is 5.32 Å². The maximum atomic E-state index is 12.0. The summed E-state index contributed by atoms with van der Waals surface area (Å²) in [6, 6.07) is 9.15. The number of carbonyl (C=O) groups excluding carboxylic acids is 1. The second-order valence-electron chi connectivity index (χ2n) is 4.63. The molecule has 1 aromatic heterocycles. The summed E-state index contributed by atoms with van der Waals surface area (Å²) < 4.78 is 0. The highest BCUT2D eigenvalue weighted by Gasteiger charge is 2.18. The van der Waals surface area contributed by atoms with Gasteiger partial charge in [-0.25, -0.2) is 0 Å². The molecule has 0 atom stereocenters. The molecule has 0 fully saturated rings. The minimum atomic E-state index is -0.652.